The summed E-state index contributed by atoms with van der Waals surface area (Å²) >= 11 is 0. The van der Waals surface area contributed by atoms with E-state index in [9.17, 15) is 20.1 Å². The molecule has 0 aliphatic rings. The summed E-state index contributed by atoms with van der Waals surface area (Å²) in [5.74, 6) is -0.681. The Hall–Kier alpha value is -1.39. The number of hydrogen-bond donors (Lipinski definition) is 3. The number of rotatable bonds is 14. The molecule has 3 atom stereocenters. The van der Waals surface area contributed by atoms with Gasteiger partial charge in [-0.15, -0.1) is 0 Å². The second-order valence-electron chi connectivity index (χ2n) is 7.44. The van der Waals surface area contributed by atoms with Gasteiger partial charge in [0.25, 0.3) is 0 Å². The summed E-state index contributed by atoms with van der Waals surface area (Å²) in [5, 5.41) is 29.3. The quantitative estimate of drug-likeness (QED) is 0.414. The van der Waals surface area contributed by atoms with Crippen LogP contribution in [-0.2, 0) is 6.42 Å². The highest BCUT2D eigenvalue weighted by Crippen LogP contribution is 2.22. The topological polar surface area (TPSA) is 77.8 Å². The highest BCUT2D eigenvalue weighted by Gasteiger charge is 2.16. The van der Waals surface area contributed by atoms with E-state index in [0.29, 0.717) is 12.0 Å². The predicted octanol–water partition coefficient (Wildman–Crippen LogP) is 4.82. The maximum absolute atomic E-state index is 11.3. The van der Waals surface area contributed by atoms with Gasteiger partial charge < -0.3 is 15.3 Å². The summed E-state index contributed by atoms with van der Waals surface area (Å²) in [6.45, 7) is 3.99. The molecule has 0 saturated heterocycles. The van der Waals surface area contributed by atoms with E-state index in [1.165, 1.54) is 12.8 Å². The molecule has 148 valence electrons. The monoisotopic (exact) mass is 364 g/mol. The molecule has 0 radical (unpaired) electrons. The highest BCUT2D eigenvalue weighted by atomic mass is 16.4. The second kappa shape index (κ2) is 12.9. The minimum atomic E-state index is -0.885. The Morgan fingerprint density at radius 3 is 2.27 bits per heavy atom. The van der Waals surface area contributed by atoms with E-state index in [1.807, 2.05) is 19.1 Å². The molecule has 1 rings (SSSR count). The molecule has 0 aromatic heterocycles. The fraction of sp³-hybridized carbons (Fsp3) is 0.682. The number of aromatic carboxylic acids is 1. The molecule has 0 saturated carbocycles. The molecule has 1 aromatic rings. The van der Waals surface area contributed by atoms with Crippen molar-refractivity contribution in [2.75, 3.05) is 0 Å². The third-order valence-corrected chi connectivity index (χ3v) is 5.20. The van der Waals surface area contributed by atoms with E-state index in [2.05, 4.69) is 6.92 Å². The minimum absolute atomic E-state index is 0.204. The molecule has 0 aliphatic heterocycles. The number of hydrogen-bond acceptors (Lipinski definition) is 3. The second-order valence-corrected chi connectivity index (χ2v) is 7.44. The SMILES string of the molecule is CCCCCC(O)CCCC(CCCc1ccccc1C(=O)O)C(C)O. The third-order valence-electron chi connectivity index (χ3n) is 5.20. The van der Waals surface area contributed by atoms with Crippen molar-refractivity contribution in [2.45, 2.75) is 90.3 Å². The van der Waals surface area contributed by atoms with Crippen LogP contribution in [0.1, 0.15) is 87.6 Å². The average molecular weight is 365 g/mol. The van der Waals surface area contributed by atoms with Crippen molar-refractivity contribution in [3.8, 4) is 0 Å². The number of carboxylic acids is 1. The fourth-order valence-corrected chi connectivity index (χ4v) is 3.52. The van der Waals surface area contributed by atoms with Crippen LogP contribution in [-0.4, -0.2) is 33.5 Å². The molecule has 0 aliphatic carbocycles. The van der Waals surface area contributed by atoms with E-state index in [1.54, 1.807) is 12.1 Å². The number of aryl methyl sites for hydroxylation is 1. The van der Waals surface area contributed by atoms with Gasteiger partial charge in [0.05, 0.1) is 17.8 Å². The minimum Gasteiger partial charge on any atom is -0.478 e. The van der Waals surface area contributed by atoms with Crippen LogP contribution in [0.4, 0.5) is 0 Å². The maximum Gasteiger partial charge on any atom is 0.335 e. The van der Waals surface area contributed by atoms with Gasteiger partial charge >= 0.3 is 5.97 Å². The zero-order chi connectivity index (χ0) is 19.4. The molecule has 4 nitrogen and oxygen atoms in total. The van der Waals surface area contributed by atoms with E-state index < -0.39 is 5.97 Å². The van der Waals surface area contributed by atoms with Gasteiger partial charge in [-0.25, -0.2) is 4.79 Å². The lowest BCUT2D eigenvalue weighted by Gasteiger charge is -2.21. The van der Waals surface area contributed by atoms with Gasteiger partial charge in [0, 0.05) is 0 Å². The Labute approximate surface area is 158 Å². The Morgan fingerprint density at radius 1 is 0.962 bits per heavy atom. The molecule has 0 fully saturated rings. The van der Waals surface area contributed by atoms with Crippen molar-refractivity contribution in [1.82, 2.24) is 0 Å². The van der Waals surface area contributed by atoms with E-state index >= 15 is 0 Å². The molecule has 0 heterocycles. The van der Waals surface area contributed by atoms with Gasteiger partial charge in [0.2, 0.25) is 0 Å². The molecule has 4 heteroatoms. The first kappa shape index (κ1) is 22.7. The first-order valence-electron chi connectivity index (χ1n) is 10.1. The van der Waals surface area contributed by atoms with Gasteiger partial charge in [-0.2, -0.15) is 0 Å². The van der Waals surface area contributed by atoms with Gasteiger partial charge in [0.15, 0.2) is 0 Å². The Bertz CT molecular complexity index is 513. The van der Waals surface area contributed by atoms with Crippen molar-refractivity contribution >= 4 is 5.97 Å². The van der Waals surface area contributed by atoms with Crippen LogP contribution in [0.15, 0.2) is 24.3 Å². The normalized spacial score (nSPS) is 14.8. The van der Waals surface area contributed by atoms with Gasteiger partial charge in [-0.1, -0.05) is 50.8 Å². The smallest absolute Gasteiger partial charge is 0.335 e. The molecule has 0 amide bonds. The summed E-state index contributed by atoms with van der Waals surface area (Å²) in [7, 11) is 0. The fourth-order valence-electron chi connectivity index (χ4n) is 3.52. The lowest BCUT2D eigenvalue weighted by atomic mass is 9.89. The Kier molecular flexibility index (Phi) is 11.2. The Balaban J connectivity index is 2.36. The van der Waals surface area contributed by atoms with Crippen LogP contribution in [0.2, 0.25) is 0 Å². The predicted molar refractivity (Wildman–Crippen MR) is 106 cm³/mol. The molecular formula is C22H36O4. The molecule has 3 N–H and O–H groups in total. The molecule has 0 bridgehead atoms. The number of benzene rings is 1. The van der Waals surface area contributed by atoms with Gasteiger partial charge in [0.1, 0.15) is 0 Å². The van der Waals surface area contributed by atoms with Crippen LogP contribution in [0.5, 0.6) is 0 Å². The third kappa shape index (κ3) is 8.81. The summed E-state index contributed by atoms with van der Waals surface area (Å²) in [6, 6.07) is 7.13. The van der Waals surface area contributed by atoms with E-state index in [4.69, 9.17) is 0 Å². The zero-order valence-electron chi connectivity index (χ0n) is 16.4. The molecule has 3 unspecified atom stereocenters. The molecule has 26 heavy (non-hydrogen) atoms. The van der Waals surface area contributed by atoms with Crippen molar-refractivity contribution in [3.05, 3.63) is 35.4 Å². The van der Waals surface area contributed by atoms with Gasteiger partial charge in [-0.3, -0.25) is 0 Å². The van der Waals surface area contributed by atoms with E-state index in [0.717, 1.165) is 50.5 Å². The van der Waals surface area contributed by atoms with Crippen LogP contribution in [0.3, 0.4) is 0 Å². The van der Waals surface area contributed by atoms with Crippen LogP contribution < -0.4 is 0 Å². The number of aliphatic hydroxyl groups is 2. The average Bonchev–Trinajstić information content (AvgIpc) is 2.60. The van der Waals surface area contributed by atoms with Crippen molar-refractivity contribution in [1.29, 1.82) is 0 Å². The molecular weight excluding hydrogens is 328 g/mol. The summed E-state index contributed by atoms with van der Waals surface area (Å²) in [4.78, 5) is 11.3. The standard InChI is InChI=1S/C22H36O4/c1-3-4-5-14-20(24)15-9-12-18(17(2)23)11-8-13-19-10-6-7-16-21(19)22(25)26/h6-7,10,16-18,20,23-24H,3-5,8-9,11-15H2,1-2H3,(H,25,26). The van der Waals surface area contributed by atoms with Crippen molar-refractivity contribution in [2.24, 2.45) is 5.92 Å². The van der Waals surface area contributed by atoms with Crippen LogP contribution in [0, 0.1) is 5.92 Å². The lowest BCUT2D eigenvalue weighted by molar-refractivity contribution is 0.0695. The molecule has 0 spiro atoms. The van der Waals surface area contributed by atoms with Crippen LogP contribution >= 0.6 is 0 Å². The van der Waals surface area contributed by atoms with Crippen LogP contribution in [0.25, 0.3) is 0 Å². The number of carboxylic acid groups (broad SMARTS) is 1. The zero-order valence-corrected chi connectivity index (χ0v) is 16.4. The number of carbonyl (C=O) groups is 1. The van der Waals surface area contributed by atoms with Crippen molar-refractivity contribution in [3.63, 3.8) is 0 Å². The van der Waals surface area contributed by atoms with Crippen molar-refractivity contribution < 1.29 is 20.1 Å². The number of unbranched alkanes of at least 4 members (excludes halogenated alkanes) is 2. The maximum atomic E-state index is 11.3. The summed E-state index contributed by atoms with van der Waals surface area (Å²) in [6.07, 6.45) is 8.78. The Morgan fingerprint density at radius 2 is 1.62 bits per heavy atom. The molecule has 1 aromatic carbocycles. The van der Waals surface area contributed by atoms with E-state index in [-0.39, 0.29) is 18.1 Å². The number of aliphatic hydroxyl groups excluding tert-OH is 2. The largest absolute Gasteiger partial charge is 0.478 e. The van der Waals surface area contributed by atoms with Gasteiger partial charge in [-0.05, 0) is 63.0 Å². The lowest BCUT2D eigenvalue weighted by Crippen LogP contribution is -2.18. The summed E-state index contributed by atoms with van der Waals surface area (Å²) < 4.78 is 0. The first-order valence-corrected chi connectivity index (χ1v) is 10.1. The highest BCUT2D eigenvalue weighted by molar-refractivity contribution is 5.89. The summed E-state index contributed by atoms with van der Waals surface area (Å²) in [5.41, 5.74) is 1.23. The first-order chi connectivity index (χ1) is 12.5.